The van der Waals surface area contributed by atoms with Crippen molar-refractivity contribution in [3.05, 3.63) is 13.9 Å². The number of aliphatic carboxylic acids is 1. The van der Waals surface area contributed by atoms with E-state index in [1.54, 1.807) is 0 Å². The molecule has 2 nitrogen and oxygen atoms in total. The van der Waals surface area contributed by atoms with Gasteiger partial charge in [-0.25, -0.2) is 0 Å². The number of carbonyl (C=O) groups is 1. The number of carboxylic acid groups (broad SMARTS) is 1. The summed E-state index contributed by atoms with van der Waals surface area (Å²) in [6.07, 6.45) is -2.57. The van der Waals surface area contributed by atoms with E-state index in [0.717, 1.165) is 0 Å². The molecule has 0 atom stereocenters. The van der Waals surface area contributed by atoms with Gasteiger partial charge in [-0.1, -0.05) is 0 Å². The predicted octanol–water partition coefficient (Wildman–Crippen LogP) is 0.950. The van der Waals surface area contributed by atoms with Crippen LogP contribution in [-0.2, 0) is 4.79 Å². The molecule has 0 heterocycles. The fraction of sp³-hybridized carbons (Fsp3) is 0. The van der Waals surface area contributed by atoms with Crippen LogP contribution in [0.25, 0.3) is 0 Å². The standard InChI is InChI=1S/C2HF2O2.CH3.Rf/c3-1(4)2(5)6;;/h(H,5,6);1H3;/q2*-1;. The molecular formula is C3H4F2O2Rf-2. The van der Waals surface area contributed by atoms with E-state index in [9.17, 15) is 8.78 Å². The summed E-state index contributed by atoms with van der Waals surface area (Å²) in [6.45, 7) is 0. The van der Waals surface area contributed by atoms with Crippen LogP contribution in [0.4, 0.5) is 8.78 Å². The van der Waals surface area contributed by atoms with Crippen molar-refractivity contribution in [2.75, 3.05) is 0 Å². The van der Waals surface area contributed by atoms with Gasteiger partial charge in [0.05, 0.1) is 0 Å². The molecule has 5 heteroatoms. The molecule has 0 saturated heterocycles. The van der Waals surface area contributed by atoms with E-state index >= 15 is 0 Å². The van der Waals surface area contributed by atoms with Gasteiger partial charge in [0.25, 0.3) is 0 Å². The molecule has 0 fully saturated rings. The molecule has 0 unspecified atom stereocenters. The van der Waals surface area contributed by atoms with Crippen molar-refractivity contribution in [1.29, 1.82) is 0 Å². The number of halogens is 2. The maximum Gasteiger partial charge on any atom is 0.225 e. The van der Waals surface area contributed by atoms with Gasteiger partial charge >= 0.3 is 0 Å². The zero-order valence-corrected chi connectivity index (χ0v) is 10.7. The fourth-order valence-corrected chi connectivity index (χ4v) is 0. The van der Waals surface area contributed by atoms with Crippen molar-refractivity contribution >= 4 is 5.97 Å². The Morgan fingerprint density at radius 1 is 1.50 bits per heavy atom. The number of hydrogen-bond acceptors (Lipinski definition) is 1. The first-order valence-corrected chi connectivity index (χ1v) is 1.06. The van der Waals surface area contributed by atoms with Gasteiger partial charge in [0, 0.05) is 6.43 Å². The first-order chi connectivity index (χ1) is 2.64. The van der Waals surface area contributed by atoms with Gasteiger partial charge in [-0.3, -0.25) is 4.79 Å². The van der Waals surface area contributed by atoms with Gasteiger partial charge in [-0.05, 0) is 0 Å². The van der Waals surface area contributed by atoms with Crippen LogP contribution in [0.1, 0.15) is 0 Å². The zero-order chi connectivity index (χ0) is 5.15. The maximum atomic E-state index is 10.5. The average Bonchev–Trinajstić information content (AvgIpc) is 1.36. The molecule has 0 bridgehead atoms. The van der Waals surface area contributed by atoms with Crippen LogP contribution in [-0.4, -0.2) is 11.1 Å². The topological polar surface area (TPSA) is 37.3 Å². The molecule has 0 aromatic heterocycles. The molecule has 0 radical (unpaired) electrons. The first-order valence-electron chi connectivity index (χ1n) is 1.06. The summed E-state index contributed by atoms with van der Waals surface area (Å²) in [4.78, 5) is 8.91. The second kappa shape index (κ2) is 5.20. The SMILES string of the molecule is O=C(O)[C-](F)F.[CH3-].[Rf]. The van der Waals surface area contributed by atoms with Crippen LogP contribution < -0.4 is 0 Å². The Kier molecular flexibility index (Phi) is 10.6. The van der Waals surface area contributed by atoms with Crippen LogP contribution >= 0.6 is 0 Å². The Balaban J connectivity index is -0.000000125. The van der Waals surface area contributed by atoms with E-state index in [1.807, 2.05) is 0 Å². The van der Waals surface area contributed by atoms with Gasteiger partial charge in [0.2, 0.25) is 5.97 Å². The monoisotopic (exact) mass is 377 g/mol. The van der Waals surface area contributed by atoms with E-state index < -0.39 is 12.4 Å². The smallest absolute Gasteiger partial charge is 0.225 e. The zero-order valence-electron chi connectivity index (χ0n) is 4.32. The first kappa shape index (κ1) is 16.4. The summed E-state index contributed by atoms with van der Waals surface area (Å²) in [5, 5.41) is 7.20. The van der Waals surface area contributed by atoms with E-state index in [4.69, 9.17) is 9.90 Å². The molecule has 0 aliphatic carbocycles. The van der Waals surface area contributed by atoms with Crippen molar-refractivity contribution in [2.45, 2.75) is 0 Å². The number of carboxylic acids is 1. The third-order valence-corrected chi connectivity index (χ3v) is 0.162. The van der Waals surface area contributed by atoms with Crippen LogP contribution in [0.5, 0.6) is 0 Å². The number of hydrogen-bond donors (Lipinski definition) is 1. The summed E-state index contributed by atoms with van der Waals surface area (Å²) in [5.41, 5.74) is 0. The third-order valence-electron chi connectivity index (χ3n) is 0.162. The normalized spacial score (nSPS) is 5.75. The average molecular weight is 377 g/mol. The van der Waals surface area contributed by atoms with Crippen molar-refractivity contribution in [1.82, 2.24) is 0 Å². The van der Waals surface area contributed by atoms with Gasteiger partial charge in [-0.15, -0.1) is 0 Å². The minimum atomic E-state index is -2.57. The van der Waals surface area contributed by atoms with Gasteiger partial charge < -0.3 is 21.3 Å². The number of rotatable bonds is 1. The minimum absolute atomic E-state index is 0. The largest absolute Gasteiger partial charge is 0.500 e. The van der Waals surface area contributed by atoms with E-state index in [2.05, 4.69) is 0 Å². The van der Waals surface area contributed by atoms with Crippen LogP contribution in [0, 0.1) is 13.9 Å². The van der Waals surface area contributed by atoms with Gasteiger partial charge in [0.15, 0.2) is 0 Å². The maximum absolute atomic E-state index is 10.5. The second-order valence-electron chi connectivity index (χ2n) is 0.566. The third kappa shape index (κ3) is 8.89. The summed E-state index contributed by atoms with van der Waals surface area (Å²) in [6, 6.07) is 0. The molecule has 8 heavy (non-hydrogen) atoms. The second-order valence-corrected chi connectivity index (χ2v) is 0.566. The Bertz CT molecular complexity index is 66.3. The Morgan fingerprint density at radius 2 is 1.62 bits per heavy atom. The molecule has 0 saturated carbocycles. The summed E-state index contributed by atoms with van der Waals surface area (Å²) < 4.78 is 20.9. The quantitative estimate of drug-likeness (QED) is 0.692. The molecule has 0 amide bonds. The minimum Gasteiger partial charge on any atom is -0.500 e. The molecule has 0 spiro atoms. The van der Waals surface area contributed by atoms with Gasteiger partial charge in [-0.2, -0.15) is 0 Å². The molecule has 0 aliphatic rings. The predicted molar refractivity (Wildman–Crippen MR) is 19.5 cm³/mol. The molecule has 0 aliphatic heterocycles. The summed E-state index contributed by atoms with van der Waals surface area (Å²) in [7, 11) is 0. The van der Waals surface area contributed by atoms with Crippen molar-refractivity contribution in [3.8, 4) is 0 Å². The van der Waals surface area contributed by atoms with Crippen LogP contribution in [0.2, 0.25) is 0 Å². The summed E-state index contributed by atoms with van der Waals surface area (Å²) in [5.74, 6) is -2.16. The van der Waals surface area contributed by atoms with Crippen molar-refractivity contribution < 1.29 is 18.7 Å². The van der Waals surface area contributed by atoms with E-state index in [0.29, 0.717) is 0 Å². The van der Waals surface area contributed by atoms with E-state index in [1.165, 1.54) is 0 Å². The molecule has 0 aromatic rings. The van der Waals surface area contributed by atoms with E-state index in [-0.39, 0.29) is 7.43 Å². The van der Waals surface area contributed by atoms with Crippen molar-refractivity contribution in [2.24, 2.45) is 0 Å². The van der Waals surface area contributed by atoms with Crippen LogP contribution in [0.3, 0.4) is 0 Å². The van der Waals surface area contributed by atoms with Gasteiger partial charge in [0.1, 0.15) is 0 Å². The fourth-order valence-electron chi connectivity index (χ4n) is 0. The Labute approximate surface area is 39.8 Å². The molecule has 0 rings (SSSR count). The molecule has 1 N–H and O–H groups in total. The molecule has 0 aromatic carbocycles. The molecular weight excluding hydrogens is 373 g/mol. The van der Waals surface area contributed by atoms with Crippen molar-refractivity contribution in [3.63, 3.8) is 0 Å². The summed E-state index contributed by atoms with van der Waals surface area (Å²) >= 11 is 0. The Morgan fingerprint density at radius 3 is 1.62 bits per heavy atom. The van der Waals surface area contributed by atoms with Crippen LogP contribution in [0.15, 0.2) is 0 Å². The molecule has 46 valence electrons. The Hall–Kier alpha value is -1.80.